The van der Waals surface area contributed by atoms with Gasteiger partial charge < -0.3 is 15.0 Å². The SMILES string of the molecule is COc1nc2ncnc(N[C@H](C)c3cccc(C(F)F)c3F)c2cc1C1CCN(C(C)C)CC1. The van der Waals surface area contributed by atoms with Crippen LogP contribution in [0.2, 0.25) is 0 Å². The van der Waals surface area contributed by atoms with E-state index in [9.17, 15) is 13.2 Å². The monoisotopic (exact) mass is 473 g/mol. The lowest BCUT2D eigenvalue weighted by Gasteiger charge is -2.35. The highest BCUT2D eigenvalue weighted by Crippen LogP contribution is 2.37. The van der Waals surface area contributed by atoms with Crippen molar-refractivity contribution in [3.63, 3.8) is 0 Å². The quantitative estimate of drug-likeness (QED) is 0.463. The third-order valence-corrected chi connectivity index (χ3v) is 6.62. The molecule has 1 atom stereocenters. The number of aromatic nitrogens is 3. The number of ether oxygens (including phenoxy) is 1. The number of fused-ring (bicyclic) bond motifs is 1. The second-order valence-electron chi connectivity index (χ2n) is 9.00. The van der Waals surface area contributed by atoms with Crippen LogP contribution in [0, 0.1) is 5.82 Å². The van der Waals surface area contributed by atoms with E-state index in [0.717, 1.165) is 37.6 Å². The molecular formula is C25H30F3N5O. The Morgan fingerprint density at radius 2 is 1.79 bits per heavy atom. The van der Waals surface area contributed by atoms with Gasteiger partial charge in [0.15, 0.2) is 5.65 Å². The van der Waals surface area contributed by atoms with E-state index in [4.69, 9.17) is 4.74 Å². The molecule has 182 valence electrons. The molecule has 6 nitrogen and oxygen atoms in total. The van der Waals surface area contributed by atoms with Crippen LogP contribution >= 0.6 is 0 Å². The number of hydrogen-bond donors (Lipinski definition) is 1. The van der Waals surface area contributed by atoms with E-state index in [-0.39, 0.29) is 11.5 Å². The van der Waals surface area contributed by atoms with E-state index in [1.807, 2.05) is 6.07 Å². The fourth-order valence-electron chi connectivity index (χ4n) is 4.64. The third kappa shape index (κ3) is 4.80. The van der Waals surface area contributed by atoms with Crippen molar-refractivity contribution >= 4 is 16.9 Å². The molecule has 34 heavy (non-hydrogen) atoms. The number of anilines is 1. The Morgan fingerprint density at radius 1 is 1.09 bits per heavy atom. The molecule has 3 aromatic rings. The van der Waals surface area contributed by atoms with E-state index in [2.05, 4.69) is 39.0 Å². The average molecular weight is 474 g/mol. The average Bonchev–Trinajstić information content (AvgIpc) is 2.83. The van der Waals surface area contributed by atoms with Crippen molar-refractivity contribution < 1.29 is 17.9 Å². The summed E-state index contributed by atoms with van der Waals surface area (Å²) < 4.78 is 46.6. The van der Waals surface area contributed by atoms with Crippen LogP contribution in [0.1, 0.15) is 68.7 Å². The second kappa shape index (κ2) is 10.1. The number of alkyl halides is 2. The molecule has 9 heteroatoms. The Labute approximate surface area is 197 Å². The Hall–Kier alpha value is -2.94. The second-order valence-corrected chi connectivity index (χ2v) is 9.00. The number of benzene rings is 1. The van der Waals surface area contributed by atoms with Gasteiger partial charge in [-0.15, -0.1) is 0 Å². The van der Waals surface area contributed by atoms with Crippen molar-refractivity contribution in [1.82, 2.24) is 19.9 Å². The molecule has 0 spiro atoms. The summed E-state index contributed by atoms with van der Waals surface area (Å²) in [5, 5.41) is 3.85. The zero-order valence-corrected chi connectivity index (χ0v) is 19.9. The van der Waals surface area contributed by atoms with Gasteiger partial charge >= 0.3 is 0 Å². The Bertz CT molecular complexity index is 1150. The molecule has 3 heterocycles. The van der Waals surface area contributed by atoms with Crippen LogP contribution in [0.4, 0.5) is 19.0 Å². The molecule has 4 rings (SSSR count). The van der Waals surface area contributed by atoms with E-state index in [1.165, 1.54) is 18.5 Å². The number of nitrogens with one attached hydrogen (secondary N) is 1. The lowest BCUT2D eigenvalue weighted by atomic mass is 9.89. The van der Waals surface area contributed by atoms with Crippen molar-refractivity contribution in [3.05, 3.63) is 53.1 Å². The number of methoxy groups -OCH3 is 1. The van der Waals surface area contributed by atoms with Gasteiger partial charge in [0.1, 0.15) is 18.0 Å². The molecule has 1 aromatic carbocycles. The molecule has 0 amide bonds. The summed E-state index contributed by atoms with van der Waals surface area (Å²) >= 11 is 0. The van der Waals surface area contributed by atoms with Crippen molar-refractivity contribution in [1.29, 1.82) is 0 Å². The third-order valence-electron chi connectivity index (χ3n) is 6.62. The van der Waals surface area contributed by atoms with Crippen LogP contribution in [0.25, 0.3) is 11.0 Å². The number of pyridine rings is 1. The van der Waals surface area contributed by atoms with E-state index < -0.39 is 23.8 Å². The van der Waals surface area contributed by atoms with Gasteiger partial charge in [0.25, 0.3) is 6.43 Å². The van der Waals surface area contributed by atoms with Crippen LogP contribution < -0.4 is 10.1 Å². The summed E-state index contributed by atoms with van der Waals surface area (Å²) in [4.78, 5) is 15.7. The van der Waals surface area contributed by atoms with Gasteiger partial charge in [-0.2, -0.15) is 4.98 Å². The zero-order valence-electron chi connectivity index (χ0n) is 19.9. The van der Waals surface area contributed by atoms with Gasteiger partial charge in [-0.1, -0.05) is 18.2 Å². The minimum Gasteiger partial charge on any atom is -0.481 e. The molecule has 1 N–H and O–H groups in total. The maximum Gasteiger partial charge on any atom is 0.266 e. The maximum atomic E-state index is 14.7. The van der Waals surface area contributed by atoms with E-state index in [1.54, 1.807) is 14.0 Å². The zero-order chi connectivity index (χ0) is 24.4. The first kappa shape index (κ1) is 24.2. The summed E-state index contributed by atoms with van der Waals surface area (Å²) in [6, 6.07) is 5.94. The molecule has 0 saturated carbocycles. The van der Waals surface area contributed by atoms with Crippen molar-refractivity contribution in [2.75, 3.05) is 25.5 Å². The van der Waals surface area contributed by atoms with Gasteiger partial charge in [-0.05, 0) is 58.7 Å². The fraction of sp³-hybridized carbons (Fsp3) is 0.480. The summed E-state index contributed by atoms with van der Waals surface area (Å²) in [6.07, 6.45) is 0.463. The number of likely N-dealkylation sites (tertiary alicyclic amines) is 1. The van der Waals surface area contributed by atoms with Gasteiger partial charge in [0.05, 0.1) is 24.1 Å². The topological polar surface area (TPSA) is 63.2 Å². The predicted molar refractivity (Wildman–Crippen MR) is 126 cm³/mol. The van der Waals surface area contributed by atoms with E-state index >= 15 is 0 Å². The number of rotatable bonds is 7. The molecule has 1 saturated heterocycles. The van der Waals surface area contributed by atoms with Crippen molar-refractivity contribution in [3.8, 4) is 5.88 Å². The van der Waals surface area contributed by atoms with Crippen molar-refractivity contribution in [2.45, 2.75) is 58.0 Å². The lowest BCUT2D eigenvalue weighted by molar-refractivity contribution is 0.146. The summed E-state index contributed by atoms with van der Waals surface area (Å²) in [7, 11) is 1.60. The maximum absolute atomic E-state index is 14.7. The highest BCUT2D eigenvalue weighted by Gasteiger charge is 2.26. The first-order valence-electron chi connectivity index (χ1n) is 11.6. The summed E-state index contributed by atoms with van der Waals surface area (Å²) in [5.74, 6) is 0.389. The lowest BCUT2D eigenvalue weighted by Crippen LogP contribution is -2.37. The standard InChI is InChI=1S/C25H30F3N5O/c1-14(2)33-10-8-16(9-11-33)19-12-20-23(29-13-30-24(20)32-25(19)34-4)31-15(3)17-6-5-7-18(21(17)26)22(27)28/h5-7,12-16,22H,8-11H2,1-4H3,(H,29,30,31,32)/t15-/m1/s1. The predicted octanol–water partition coefficient (Wildman–Crippen LogP) is 5.87. The molecule has 2 aromatic heterocycles. The number of halogens is 3. The smallest absolute Gasteiger partial charge is 0.266 e. The van der Waals surface area contributed by atoms with Crippen LogP contribution in [0.5, 0.6) is 5.88 Å². The summed E-state index contributed by atoms with van der Waals surface area (Å²) in [6.45, 7) is 8.11. The van der Waals surface area contributed by atoms with Crippen LogP contribution in [0.15, 0.2) is 30.6 Å². The molecule has 0 unspecified atom stereocenters. The normalized spacial score (nSPS) is 16.4. The minimum absolute atomic E-state index is 0.146. The molecule has 1 aliphatic rings. The highest BCUT2D eigenvalue weighted by atomic mass is 19.3. The number of nitrogens with zero attached hydrogens (tertiary/aromatic N) is 4. The molecule has 0 bridgehead atoms. The Balaban J connectivity index is 1.67. The first-order valence-corrected chi connectivity index (χ1v) is 11.6. The Kier molecular flexibility index (Phi) is 7.21. The number of hydrogen-bond acceptors (Lipinski definition) is 6. The molecule has 1 aliphatic heterocycles. The van der Waals surface area contributed by atoms with Gasteiger partial charge in [-0.3, -0.25) is 0 Å². The highest BCUT2D eigenvalue weighted by molar-refractivity contribution is 5.87. The largest absolute Gasteiger partial charge is 0.481 e. The molecule has 0 radical (unpaired) electrons. The van der Waals surface area contributed by atoms with Gasteiger partial charge in [0, 0.05) is 17.2 Å². The van der Waals surface area contributed by atoms with E-state index in [0.29, 0.717) is 28.8 Å². The van der Waals surface area contributed by atoms with Crippen LogP contribution in [-0.2, 0) is 0 Å². The van der Waals surface area contributed by atoms with Crippen LogP contribution in [0.3, 0.4) is 0 Å². The van der Waals surface area contributed by atoms with Gasteiger partial charge in [-0.25, -0.2) is 23.1 Å². The Morgan fingerprint density at radius 3 is 2.44 bits per heavy atom. The number of piperidine rings is 1. The minimum atomic E-state index is -2.88. The molecule has 0 aliphatic carbocycles. The molecular weight excluding hydrogens is 443 g/mol. The first-order chi connectivity index (χ1) is 16.3. The molecule has 1 fully saturated rings. The fourth-order valence-corrected chi connectivity index (χ4v) is 4.64. The summed E-state index contributed by atoms with van der Waals surface area (Å²) in [5.41, 5.74) is 0.981. The van der Waals surface area contributed by atoms with Crippen molar-refractivity contribution in [2.24, 2.45) is 0 Å². The van der Waals surface area contributed by atoms with Gasteiger partial charge in [0.2, 0.25) is 5.88 Å². The van der Waals surface area contributed by atoms with Crippen LogP contribution in [-0.4, -0.2) is 46.1 Å².